The van der Waals surface area contributed by atoms with E-state index in [1.54, 1.807) is 12.1 Å². The molecule has 0 heterocycles. The lowest BCUT2D eigenvalue weighted by atomic mass is 10.0. The Labute approximate surface area is 200 Å². The Bertz CT molecular complexity index is 1040. The van der Waals surface area contributed by atoms with Crippen molar-refractivity contribution in [1.82, 2.24) is 10.2 Å². The second-order valence-corrected chi connectivity index (χ2v) is 8.08. The van der Waals surface area contributed by atoms with E-state index in [1.165, 1.54) is 17.0 Å². The van der Waals surface area contributed by atoms with Crippen LogP contribution in [0.25, 0.3) is 0 Å². The number of benzene rings is 3. The zero-order valence-corrected chi connectivity index (χ0v) is 19.5. The molecule has 3 rings (SSSR count). The Balaban J connectivity index is 1.86. The van der Waals surface area contributed by atoms with Crippen LogP contribution in [0.15, 0.2) is 84.9 Å². The number of nitrogens with zero attached hydrogens (tertiary/aromatic N) is 1. The van der Waals surface area contributed by atoms with Gasteiger partial charge < -0.3 is 15.0 Å². The third-order valence-electron chi connectivity index (χ3n) is 5.48. The minimum atomic E-state index is -0.740. The van der Waals surface area contributed by atoms with Crippen LogP contribution in [0, 0.1) is 5.82 Å². The average Bonchev–Trinajstić information content (AvgIpc) is 2.87. The van der Waals surface area contributed by atoms with Gasteiger partial charge in [-0.15, -0.1) is 0 Å². The monoisotopic (exact) mass is 462 g/mol. The van der Waals surface area contributed by atoms with E-state index in [0.29, 0.717) is 13.0 Å². The molecule has 0 saturated carbocycles. The molecule has 0 saturated heterocycles. The highest BCUT2D eigenvalue weighted by atomic mass is 19.1. The standard InChI is InChI=1S/C28H31FN2O3/c1-2-3-18-30-28(33)25(19-22-12-6-4-7-13-22)31(20-23-14-8-5-9-15-23)27(32)21-34-26-17-11-10-16-24(26)29/h4-17,25H,2-3,18-21H2,1H3,(H,30,33). The number of carbonyl (C=O) groups is 2. The van der Waals surface area contributed by atoms with Crippen LogP contribution in [0.5, 0.6) is 5.75 Å². The zero-order valence-electron chi connectivity index (χ0n) is 19.5. The van der Waals surface area contributed by atoms with Gasteiger partial charge in [0.15, 0.2) is 18.2 Å². The number of nitrogens with one attached hydrogen (secondary N) is 1. The fraction of sp³-hybridized carbons (Fsp3) is 0.286. The summed E-state index contributed by atoms with van der Waals surface area (Å²) >= 11 is 0. The molecule has 0 aliphatic carbocycles. The molecule has 6 heteroatoms. The molecular formula is C28H31FN2O3. The third-order valence-corrected chi connectivity index (χ3v) is 5.48. The number of hydrogen-bond acceptors (Lipinski definition) is 3. The number of para-hydroxylation sites is 1. The number of rotatable bonds is 12. The topological polar surface area (TPSA) is 58.6 Å². The van der Waals surface area contributed by atoms with Crippen molar-refractivity contribution in [1.29, 1.82) is 0 Å². The predicted octanol–water partition coefficient (Wildman–Crippen LogP) is 4.76. The van der Waals surface area contributed by atoms with Gasteiger partial charge in [0.25, 0.3) is 5.91 Å². The van der Waals surface area contributed by atoms with E-state index in [4.69, 9.17) is 4.74 Å². The Hall–Kier alpha value is -3.67. The van der Waals surface area contributed by atoms with Crippen molar-refractivity contribution in [2.45, 2.75) is 38.8 Å². The van der Waals surface area contributed by atoms with Crippen molar-refractivity contribution >= 4 is 11.8 Å². The maximum absolute atomic E-state index is 14.0. The molecule has 0 aromatic heterocycles. The molecule has 1 N–H and O–H groups in total. The lowest BCUT2D eigenvalue weighted by Crippen LogP contribution is -2.51. The summed E-state index contributed by atoms with van der Waals surface area (Å²) in [4.78, 5) is 28.2. The number of amides is 2. The Morgan fingerprint density at radius 3 is 2.18 bits per heavy atom. The largest absolute Gasteiger partial charge is 0.481 e. The molecule has 0 aliphatic rings. The summed E-state index contributed by atoms with van der Waals surface area (Å²) in [6.45, 7) is 2.46. The molecule has 3 aromatic rings. The lowest BCUT2D eigenvalue weighted by Gasteiger charge is -2.31. The van der Waals surface area contributed by atoms with Gasteiger partial charge in [-0.05, 0) is 29.7 Å². The van der Waals surface area contributed by atoms with Crippen LogP contribution >= 0.6 is 0 Å². The molecular weight excluding hydrogens is 431 g/mol. The van der Waals surface area contributed by atoms with Crippen LogP contribution in [-0.4, -0.2) is 35.9 Å². The van der Waals surface area contributed by atoms with Crippen LogP contribution in [0.1, 0.15) is 30.9 Å². The normalized spacial score (nSPS) is 11.5. The van der Waals surface area contributed by atoms with Crippen LogP contribution in [0.4, 0.5) is 4.39 Å². The van der Waals surface area contributed by atoms with Crippen molar-refractivity contribution in [2.75, 3.05) is 13.2 Å². The molecule has 0 spiro atoms. The zero-order chi connectivity index (χ0) is 24.2. The van der Waals surface area contributed by atoms with Crippen molar-refractivity contribution in [2.24, 2.45) is 0 Å². The summed E-state index contributed by atoms with van der Waals surface area (Å²) in [5.41, 5.74) is 1.83. The summed E-state index contributed by atoms with van der Waals surface area (Å²) < 4.78 is 19.5. The molecule has 1 unspecified atom stereocenters. The van der Waals surface area contributed by atoms with Gasteiger partial charge in [0, 0.05) is 19.5 Å². The first-order valence-corrected chi connectivity index (χ1v) is 11.6. The fourth-order valence-electron chi connectivity index (χ4n) is 3.62. The minimum Gasteiger partial charge on any atom is -0.481 e. The highest BCUT2D eigenvalue weighted by Gasteiger charge is 2.30. The van der Waals surface area contributed by atoms with Crippen LogP contribution in [0.3, 0.4) is 0 Å². The van der Waals surface area contributed by atoms with E-state index >= 15 is 0 Å². The lowest BCUT2D eigenvalue weighted by molar-refractivity contribution is -0.142. The van der Waals surface area contributed by atoms with Crippen molar-refractivity contribution in [3.05, 3.63) is 102 Å². The molecule has 2 amide bonds. The van der Waals surface area contributed by atoms with Gasteiger partial charge in [-0.1, -0.05) is 86.1 Å². The van der Waals surface area contributed by atoms with E-state index in [0.717, 1.165) is 24.0 Å². The van der Waals surface area contributed by atoms with Gasteiger partial charge in [-0.3, -0.25) is 9.59 Å². The second-order valence-electron chi connectivity index (χ2n) is 8.08. The highest BCUT2D eigenvalue weighted by Crippen LogP contribution is 2.18. The Morgan fingerprint density at radius 2 is 1.53 bits per heavy atom. The summed E-state index contributed by atoms with van der Waals surface area (Å²) in [5, 5.41) is 2.97. The molecule has 178 valence electrons. The van der Waals surface area contributed by atoms with Crippen molar-refractivity contribution in [3.63, 3.8) is 0 Å². The first-order valence-electron chi connectivity index (χ1n) is 11.6. The summed E-state index contributed by atoms with van der Waals surface area (Å²) in [6.07, 6.45) is 2.16. The van der Waals surface area contributed by atoms with Gasteiger partial charge in [-0.2, -0.15) is 0 Å². The molecule has 1 atom stereocenters. The molecule has 0 fully saturated rings. The van der Waals surface area contributed by atoms with Crippen molar-refractivity contribution in [3.8, 4) is 5.75 Å². The van der Waals surface area contributed by atoms with Gasteiger partial charge in [0.1, 0.15) is 6.04 Å². The summed E-state index contributed by atoms with van der Waals surface area (Å²) in [7, 11) is 0. The Kier molecular flexibility index (Phi) is 9.65. The number of halogens is 1. The minimum absolute atomic E-state index is 0.00233. The maximum Gasteiger partial charge on any atom is 0.261 e. The predicted molar refractivity (Wildman–Crippen MR) is 131 cm³/mol. The number of unbranched alkanes of at least 4 members (excludes halogenated alkanes) is 1. The van der Waals surface area contributed by atoms with E-state index in [2.05, 4.69) is 12.2 Å². The summed E-state index contributed by atoms with van der Waals surface area (Å²) in [5.74, 6) is -1.14. The third kappa shape index (κ3) is 7.44. The van der Waals surface area contributed by atoms with Gasteiger partial charge in [0.05, 0.1) is 0 Å². The first-order chi connectivity index (χ1) is 16.6. The van der Waals surface area contributed by atoms with E-state index < -0.39 is 17.8 Å². The fourth-order valence-corrected chi connectivity index (χ4v) is 3.62. The molecule has 0 radical (unpaired) electrons. The number of carbonyl (C=O) groups excluding carboxylic acids is 2. The quantitative estimate of drug-likeness (QED) is 0.395. The average molecular weight is 463 g/mol. The molecule has 0 aliphatic heterocycles. The van der Waals surface area contributed by atoms with Gasteiger partial charge >= 0.3 is 0 Å². The SMILES string of the molecule is CCCCNC(=O)C(Cc1ccccc1)N(Cc1ccccc1)C(=O)COc1ccccc1F. The highest BCUT2D eigenvalue weighted by molar-refractivity contribution is 5.88. The van der Waals surface area contributed by atoms with E-state index in [-0.39, 0.29) is 24.8 Å². The van der Waals surface area contributed by atoms with Crippen LogP contribution in [-0.2, 0) is 22.6 Å². The maximum atomic E-state index is 14.0. The Morgan fingerprint density at radius 1 is 0.912 bits per heavy atom. The van der Waals surface area contributed by atoms with Gasteiger partial charge in [-0.25, -0.2) is 4.39 Å². The molecule has 3 aromatic carbocycles. The second kappa shape index (κ2) is 13.1. The summed E-state index contributed by atoms with van der Waals surface area (Å²) in [6, 6.07) is 24.3. The van der Waals surface area contributed by atoms with Crippen LogP contribution < -0.4 is 10.1 Å². The molecule has 0 bridgehead atoms. The van der Waals surface area contributed by atoms with E-state index in [1.807, 2.05) is 60.7 Å². The molecule has 34 heavy (non-hydrogen) atoms. The van der Waals surface area contributed by atoms with Crippen molar-refractivity contribution < 1.29 is 18.7 Å². The number of hydrogen-bond donors (Lipinski definition) is 1. The van der Waals surface area contributed by atoms with Crippen LogP contribution in [0.2, 0.25) is 0 Å². The van der Waals surface area contributed by atoms with Gasteiger partial charge in [0.2, 0.25) is 5.91 Å². The molecule has 5 nitrogen and oxygen atoms in total. The van der Waals surface area contributed by atoms with E-state index in [9.17, 15) is 14.0 Å². The number of ether oxygens (including phenoxy) is 1. The first kappa shape index (κ1) is 25.0. The smallest absolute Gasteiger partial charge is 0.261 e.